The predicted molar refractivity (Wildman–Crippen MR) is 137 cm³/mol. The van der Waals surface area contributed by atoms with Crippen LogP contribution in [0.3, 0.4) is 0 Å². The van der Waals surface area contributed by atoms with Crippen LogP contribution in [0.15, 0.2) is 0 Å². The van der Waals surface area contributed by atoms with Crippen LogP contribution in [-0.2, 0) is 77.2 Å². The third kappa shape index (κ3) is 26.6. The van der Waals surface area contributed by atoms with Gasteiger partial charge in [0.1, 0.15) is 63.1 Å². The fourth-order valence-corrected chi connectivity index (χ4v) is 3.48. The molecule has 0 fully saturated rings. The molecule has 0 aliphatic rings. The van der Waals surface area contributed by atoms with E-state index in [4.69, 9.17) is 37.9 Å². The molecule has 16 nitrogen and oxygen atoms in total. The van der Waals surface area contributed by atoms with Crippen LogP contribution in [0.2, 0.25) is 0 Å². The Bertz CT molecular complexity index is 647. The minimum absolute atomic E-state index is 0.261. The summed E-state index contributed by atoms with van der Waals surface area (Å²) in [5.74, 6) is 0. The van der Waals surface area contributed by atoms with Gasteiger partial charge in [0, 0.05) is 0 Å². The Morgan fingerprint density at radius 3 is 1.08 bits per heavy atom. The molecule has 4 unspecified atom stereocenters. The molecule has 0 spiro atoms. The molecule has 0 saturated carbocycles. The Labute approximate surface area is 270 Å². The van der Waals surface area contributed by atoms with Gasteiger partial charge in [0.15, 0.2) is 27.4 Å². The Hall–Kier alpha value is -1.20. The van der Waals surface area contributed by atoms with Gasteiger partial charge < -0.3 is 47.4 Å². The van der Waals surface area contributed by atoms with Crippen molar-refractivity contribution in [2.24, 2.45) is 0 Å². The van der Waals surface area contributed by atoms with Crippen molar-refractivity contribution in [3.05, 3.63) is 0 Å². The van der Waals surface area contributed by atoms with Gasteiger partial charge >= 0.3 is 0 Å². The van der Waals surface area contributed by atoms with Crippen molar-refractivity contribution in [2.45, 2.75) is 36.6 Å². The Kier molecular flexibility index (Phi) is 34.7. The molecule has 0 saturated heterocycles. The van der Waals surface area contributed by atoms with Crippen molar-refractivity contribution in [2.75, 3.05) is 120 Å². The molecular formula is C24H42F8O16. The lowest BCUT2D eigenvalue weighted by molar-refractivity contribution is -0.438. The maximum absolute atomic E-state index is 12.8. The lowest BCUT2D eigenvalue weighted by Crippen LogP contribution is -2.48. The van der Waals surface area contributed by atoms with Gasteiger partial charge in [0.2, 0.25) is 0 Å². The highest BCUT2D eigenvalue weighted by Crippen LogP contribution is 2.17. The number of alkyl halides is 4. The first-order valence-corrected chi connectivity index (χ1v) is 14.0. The van der Waals surface area contributed by atoms with E-state index in [1.165, 1.54) is 0 Å². The smallest absolute Gasteiger partial charge is 0.188 e. The first-order chi connectivity index (χ1) is 23.5. The van der Waals surface area contributed by atoms with E-state index < -0.39 is 137 Å². The van der Waals surface area contributed by atoms with Crippen LogP contribution in [0.1, 0.15) is 0 Å². The molecule has 0 heterocycles. The molecule has 0 radical (unpaired) electrons. The number of ether oxygens (including phenoxy) is 10. The zero-order chi connectivity index (χ0) is 35.5. The molecule has 48 heavy (non-hydrogen) atoms. The highest BCUT2D eigenvalue weighted by atomic mass is 19.3. The second kappa shape index (κ2) is 35.6. The van der Waals surface area contributed by atoms with Gasteiger partial charge in [-0.15, -0.1) is 0 Å². The molecule has 0 rings (SSSR count). The summed E-state index contributed by atoms with van der Waals surface area (Å²) < 4.78 is 152. The van der Waals surface area contributed by atoms with E-state index in [1.807, 2.05) is 0 Å². The van der Waals surface area contributed by atoms with Crippen LogP contribution in [-0.4, -0.2) is 157 Å². The molecule has 0 aromatic heterocycles. The lowest BCUT2D eigenvalue weighted by Gasteiger charge is -2.34. The van der Waals surface area contributed by atoms with Crippen molar-refractivity contribution in [1.82, 2.24) is 0 Å². The van der Waals surface area contributed by atoms with E-state index in [0.717, 1.165) is 0 Å². The Morgan fingerprint density at radius 1 is 0.354 bits per heavy atom. The second-order valence-electron chi connectivity index (χ2n) is 8.89. The number of hydrogen-bond acceptors (Lipinski definition) is 16. The van der Waals surface area contributed by atoms with E-state index in [9.17, 15) is 35.7 Å². The fraction of sp³-hybridized carbons (Fsp3) is 1.00. The maximum atomic E-state index is 12.8. The number of halogens is 8. The van der Waals surface area contributed by atoms with Crippen molar-refractivity contribution in [3.8, 4) is 0 Å². The fourth-order valence-electron chi connectivity index (χ4n) is 3.48. The Morgan fingerprint density at radius 2 is 0.688 bits per heavy atom. The molecule has 0 N–H and O–H groups in total. The first kappa shape index (κ1) is 46.8. The summed E-state index contributed by atoms with van der Waals surface area (Å²) in [6.07, 6.45) is -7.52. The average Bonchev–Trinajstić information content (AvgIpc) is 3.10. The van der Waals surface area contributed by atoms with E-state index in [-0.39, 0.29) is 19.8 Å². The van der Waals surface area contributed by atoms with Crippen LogP contribution in [0.4, 0.5) is 35.7 Å². The van der Waals surface area contributed by atoms with Crippen LogP contribution in [0, 0.1) is 0 Å². The van der Waals surface area contributed by atoms with Crippen LogP contribution in [0.25, 0.3) is 0 Å². The summed E-state index contributed by atoms with van der Waals surface area (Å²) in [6.45, 7) is -11.5. The van der Waals surface area contributed by atoms with Gasteiger partial charge in [-0.25, -0.2) is 17.6 Å². The van der Waals surface area contributed by atoms with Gasteiger partial charge in [0.25, 0.3) is 0 Å². The third-order valence-electron chi connectivity index (χ3n) is 5.48. The molecule has 24 heteroatoms. The summed E-state index contributed by atoms with van der Waals surface area (Å²) in [4.78, 5) is 15.4. The average molecular weight is 739 g/mol. The van der Waals surface area contributed by atoms with E-state index in [0.29, 0.717) is 0 Å². The highest BCUT2D eigenvalue weighted by Gasteiger charge is 2.32. The molecule has 0 aromatic rings. The normalized spacial score (nSPS) is 14.6. The van der Waals surface area contributed by atoms with Crippen molar-refractivity contribution >= 4 is 0 Å². The summed E-state index contributed by atoms with van der Waals surface area (Å²) in [5.41, 5.74) is 0. The van der Waals surface area contributed by atoms with Gasteiger partial charge in [-0.2, -0.15) is 19.7 Å². The Balaban J connectivity index is 6.37. The van der Waals surface area contributed by atoms with E-state index in [2.05, 4.69) is 39.3 Å². The highest BCUT2D eigenvalue weighted by molar-refractivity contribution is 4.77. The van der Waals surface area contributed by atoms with Crippen LogP contribution in [0.5, 0.6) is 0 Å². The quantitative estimate of drug-likeness (QED) is 0.0394. The summed E-state index contributed by atoms with van der Waals surface area (Å²) >= 11 is 0. The lowest BCUT2D eigenvalue weighted by atomic mass is 10.2. The molecule has 0 aromatic carbocycles. The van der Waals surface area contributed by atoms with Gasteiger partial charge in [-0.05, 0) is 28.3 Å². The van der Waals surface area contributed by atoms with Crippen molar-refractivity contribution in [1.29, 1.82) is 0 Å². The summed E-state index contributed by atoms with van der Waals surface area (Å²) in [5, 5.41) is 6.24. The molecule has 0 bridgehead atoms. The van der Waals surface area contributed by atoms with E-state index in [1.54, 1.807) is 0 Å². The van der Waals surface area contributed by atoms with Crippen molar-refractivity contribution in [3.63, 3.8) is 0 Å². The number of rotatable bonds is 39. The topological polar surface area (TPSA) is 148 Å². The monoisotopic (exact) mass is 738 g/mol. The minimum atomic E-state index is -1.40. The summed E-state index contributed by atoms with van der Waals surface area (Å²) in [7, 11) is 0. The molecule has 4 atom stereocenters. The number of hydrogen-bond donors (Lipinski definition) is 0. The molecular weight excluding hydrogens is 696 g/mol. The van der Waals surface area contributed by atoms with Crippen molar-refractivity contribution < 1.29 is 113 Å². The molecule has 0 amide bonds. The minimum Gasteiger partial charge on any atom is -0.376 e. The third-order valence-corrected chi connectivity index (χ3v) is 5.48. The second-order valence-corrected chi connectivity index (χ2v) is 8.89. The zero-order valence-electron chi connectivity index (χ0n) is 25.7. The first-order valence-electron chi connectivity index (χ1n) is 14.0. The largest absolute Gasteiger partial charge is 0.376 e. The van der Waals surface area contributed by atoms with Gasteiger partial charge in [-0.1, -0.05) is 0 Å². The van der Waals surface area contributed by atoms with Crippen LogP contribution < -0.4 is 0 Å². The van der Waals surface area contributed by atoms with Gasteiger partial charge in [-0.3, -0.25) is 0 Å². The van der Waals surface area contributed by atoms with Gasteiger partial charge in [0.05, 0.1) is 66.1 Å². The maximum Gasteiger partial charge on any atom is 0.188 e. The molecule has 0 aliphatic carbocycles. The predicted octanol–water partition coefficient (Wildman–Crippen LogP) is 2.54. The standard InChI is InChI=1S/C24H42F8O16/c25-15-35-6-19(7-36-16-26)39-13-23(45-21(9-37-17-27)10-38-18-28)24(46-22(12-44-48-32)8-34-2-4-42-30)14-40-20(11-43-47-31)5-33-1-3-41-29/h19-24H,1-18H2. The van der Waals surface area contributed by atoms with E-state index >= 15 is 0 Å². The SMILES string of the molecule is FCOCC(COCF)OCC(OC(COCF)COCF)C(COC(COCCOF)COOF)OC(COCCOF)COOF. The molecule has 290 valence electrons. The summed E-state index contributed by atoms with van der Waals surface area (Å²) in [6, 6.07) is 0. The molecule has 0 aliphatic heterocycles. The zero-order valence-corrected chi connectivity index (χ0v) is 25.7. The van der Waals surface area contributed by atoms with Crippen LogP contribution >= 0.6 is 0 Å².